The zero-order valence-electron chi connectivity index (χ0n) is 20.3. The molecule has 176 valence electrons. The lowest BCUT2D eigenvalue weighted by Crippen LogP contribution is -2.64. The number of thioether (sulfide) groups is 1. The van der Waals surface area contributed by atoms with E-state index in [0.717, 1.165) is 18.4 Å². The number of nitrogens with one attached hydrogen (secondary N) is 2. The van der Waals surface area contributed by atoms with Gasteiger partial charge < -0.3 is 25.0 Å². The van der Waals surface area contributed by atoms with Crippen LogP contribution in [-0.2, 0) is 4.79 Å². The van der Waals surface area contributed by atoms with Gasteiger partial charge in [0, 0.05) is 27.4 Å². The number of nitrogens with zero attached hydrogens (tertiary/aromatic N) is 1. The first kappa shape index (κ1) is 23.2. The fourth-order valence-corrected chi connectivity index (χ4v) is 7.54. The first-order chi connectivity index (χ1) is 14.8. The van der Waals surface area contributed by atoms with Crippen LogP contribution in [0.2, 0.25) is 0 Å². The number of ether oxygens (including phenoxy) is 2. The van der Waals surface area contributed by atoms with Crippen molar-refractivity contribution in [1.82, 2.24) is 15.5 Å². The minimum Gasteiger partial charge on any atom is -0.493 e. The van der Waals surface area contributed by atoms with Gasteiger partial charge in [0.2, 0.25) is 5.91 Å². The third-order valence-electron chi connectivity index (χ3n) is 6.68. The molecule has 2 atom stereocenters. The quantitative estimate of drug-likeness (QED) is 0.715. The Labute approximate surface area is 195 Å². The van der Waals surface area contributed by atoms with E-state index in [1.165, 1.54) is 7.11 Å². The molecule has 0 spiro atoms. The van der Waals surface area contributed by atoms with Crippen LogP contribution in [0.3, 0.4) is 0 Å². The smallest absolute Gasteiger partial charge is 0.260 e. The van der Waals surface area contributed by atoms with E-state index in [0.29, 0.717) is 17.1 Å². The Kier molecular flexibility index (Phi) is 5.48. The second-order valence-corrected chi connectivity index (χ2v) is 12.7. The lowest BCUT2D eigenvalue weighted by molar-refractivity contribution is -0.127. The van der Waals surface area contributed by atoms with Gasteiger partial charge in [-0.05, 0) is 60.5 Å². The molecule has 2 saturated heterocycles. The summed E-state index contributed by atoms with van der Waals surface area (Å²) in [6, 6.07) is 3.22. The third-order valence-corrected chi connectivity index (χ3v) is 8.22. The largest absolute Gasteiger partial charge is 0.493 e. The van der Waals surface area contributed by atoms with Gasteiger partial charge >= 0.3 is 0 Å². The van der Waals surface area contributed by atoms with Crippen LogP contribution in [0.1, 0.15) is 75.7 Å². The summed E-state index contributed by atoms with van der Waals surface area (Å²) in [5, 5.41) is 6.73. The van der Waals surface area contributed by atoms with E-state index in [2.05, 4.69) is 38.3 Å². The number of hydrogen-bond donors (Lipinski definition) is 2. The molecule has 1 aromatic carbocycles. The number of rotatable bonds is 4. The molecule has 0 aromatic heterocycles. The van der Waals surface area contributed by atoms with Crippen LogP contribution in [0.5, 0.6) is 11.5 Å². The van der Waals surface area contributed by atoms with Crippen molar-refractivity contribution in [3.8, 4) is 11.5 Å². The molecule has 1 unspecified atom stereocenters. The molecule has 2 amide bonds. The molecule has 7 nitrogen and oxygen atoms in total. The van der Waals surface area contributed by atoms with Crippen LogP contribution < -0.4 is 20.1 Å². The van der Waals surface area contributed by atoms with Gasteiger partial charge in [0.1, 0.15) is 11.4 Å². The van der Waals surface area contributed by atoms with E-state index in [9.17, 15) is 9.59 Å². The zero-order valence-corrected chi connectivity index (χ0v) is 21.1. The molecule has 4 rings (SSSR count). The van der Waals surface area contributed by atoms with Crippen LogP contribution >= 0.6 is 11.8 Å². The van der Waals surface area contributed by atoms with E-state index in [1.54, 1.807) is 23.8 Å². The maximum Gasteiger partial charge on any atom is 0.260 e. The SMILES string of the molecule is COc1ccc2c(c1OC)C(=O)N1C2SC(C)(C)[C@H]1C(=O)NC1CC(C)(C)NC(C)(C)C1. The molecule has 3 aliphatic heterocycles. The Hall–Kier alpha value is -1.93. The Balaban J connectivity index is 1.64. The molecule has 2 N–H and O–H groups in total. The Morgan fingerprint density at radius 3 is 2.28 bits per heavy atom. The first-order valence-corrected chi connectivity index (χ1v) is 12.0. The maximum atomic E-state index is 13.7. The number of methoxy groups -OCH3 is 2. The van der Waals surface area contributed by atoms with Crippen molar-refractivity contribution in [2.75, 3.05) is 14.2 Å². The maximum absolute atomic E-state index is 13.7. The van der Waals surface area contributed by atoms with E-state index in [4.69, 9.17) is 9.47 Å². The molecule has 1 aromatic rings. The van der Waals surface area contributed by atoms with Crippen LogP contribution in [0, 0.1) is 0 Å². The van der Waals surface area contributed by atoms with Gasteiger partial charge in [0.25, 0.3) is 5.91 Å². The van der Waals surface area contributed by atoms with E-state index in [-0.39, 0.29) is 34.3 Å². The van der Waals surface area contributed by atoms with Crippen molar-refractivity contribution in [1.29, 1.82) is 0 Å². The highest BCUT2D eigenvalue weighted by Crippen LogP contribution is 2.58. The van der Waals surface area contributed by atoms with E-state index < -0.39 is 10.8 Å². The highest BCUT2D eigenvalue weighted by atomic mass is 32.2. The summed E-state index contributed by atoms with van der Waals surface area (Å²) >= 11 is 1.65. The molecular weight excluding hydrogens is 426 g/mol. The average molecular weight is 462 g/mol. The van der Waals surface area contributed by atoms with Gasteiger partial charge in [0.05, 0.1) is 19.8 Å². The predicted octanol–water partition coefficient (Wildman–Crippen LogP) is 3.48. The minimum atomic E-state index is -0.575. The first-order valence-electron chi connectivity index (χ1n) is 11.2. The summed E-state index contributed by atoms with van der Waals surface area (Å²) < 4.78 is 10.5. The van der Waals surface area contributed by atoms with Gasteiger partial charge in [-0.2, -0.15) is 0 Å². The van der Waals surface area contributed by atoms with E-state index in [1.807, 2.05) is 26.0 Å². The molecule has 0 aliphatic carbocycles. The zero-order chi connectivity index (χ0) is 23.6. The summed E-state index contributed by atoms with van der Waals surface area (Å²) in [7, 11) is 3.09. The highest BCUT2D eigenvalue weighted by Gasteiger charge is 2.58. The topological polar surface area (TPSA) is 79.9 Å². The molecule has 0 bridgehead atoms. The number of amides is 2. The van der Waals surface area contributed by atoms with Crippen LogP contribution in [0.25, 0.3) is 0 Å². The molecule has 3 aliphatic rings. The Morgan fingerprint density at radius 1 is 1.09 bits per heavy atom. The number of carbonyl (C=O) groups is 2. The monoisotopic (exact) mass is 461 g/mol. The normalized spacial score (nSPS) is 27.6. The fraction of sp³-hybridized carbons (Fsp3) is 0.667. The Morgan fingerprint density at radius 2 is 1.72 bits per heavy atom. The van der Waals surface area contributed by atoms with Crippen LogP contribution in [-0.4, -0.2) is 58.8 Å². The molecule has 0 saturated carbocycles. The van der Waals surface area contributed by atoms with Crippen molar-refractivity contribution in [2.45, 2.75) is 87.7 Å². The van der Waals surface area contributed by atoms with Gasteiger partial charge in [-0.15, -0.1) is 11.8 Å². The Bertz CT molecular complexity index is 943. The highest BCUT2D eigenvalue weighted by molar-refractivity contribution is 8.01. The van der Waals surface area contributed by atoms with Crippen molar-refractivity contribution in [3.63, 3.8) is 0 Å². The minimum absolute atomic E-state index is 0.0447. The standard InChI is InChI=1S/C24H35N3O4S/c1-22(2)11-13(12-23(3,4)26-22)25-19(28)18-24(5,6)32-21-14-9-10-15(30-7)17(31-8)16(14)20(29)27(18)21/h9-10,13,18,21,26H,11-12H2,1-8H3,(H,25,28)/t18-,21?/m1/s1. The summed E-state index contributed by atoms with van der Waals surface area (Å²) in [4.78, 5) is 29.0. The predicted molar refractivity (Wildman–Crippen MR) is 126 cm³/mol. The van der Waals surface area contributed by atoms with Crippen LogP contribution in [0.4, 0.5) is 0 Å². The number of hydrogen-bond acceptors (Lipinski definition) is 6. The molecule has 2 fully saturated rings. The van der Waals surface area contributed by atoms with Gasteiger partial charge in [0.15, 0.2) is 11.5 Å². The second-order valence-electron chi connectivity index (χ2n) is 11.0. The summed E-state index contributed by atoms with van der Waals surface area (Å²) in [5.41, 5.74) is 1.23. The van der Waals surface area contributed by atoms with Gasteiger partial charge in [-0.3, -0.25) is 9.59 Å². The number of benzene rings is 1. The van der Waals surface area contributed by atoms with Gasteiger partial charge in [-0.1, -0.05) is 6.07 Å². The lowest BCUT2D eigenvalue weighted by Gasteiger charge is -2.47. The number of piperidine rings is 1. The number of carbonyl (C=O) groups excluding carboxylic acids is 2. The van der Waals surface area contributed by atoms with Crippen molar-refractivity contribution >= 4 is 23.6 Å². The molecule has 32 heavy (non-hydrogen) atoms. The molecule has 3 heterocycles. The van der Waals surface area contributed by atoms with Crippen LogP contribution in [0.15, 0.2) is 12.1 Å². The summed E-state index contributed by atoms with van der Waals surface area (Å²) in [6.45, 7) is 12.8. The van der Waals surface area contributed by atoms with Crippen molar-refractivity contribution in [3.05, 3.63) is 23.3 Å². The van der Waals surface area contributed by atoms with Crippen molar-refractivity contribution in [2.24, 2.45) is 0 Å². The van der Waals surface area contributed by atoms with E-state index >= 15 is 0 Å². The van der Waals surface area contributed by atoms with Crippen molar-refractivity contribution < 1.29 is 19.1 Å². The molecular formula is C24H35N3O4S. The molecule has 0 radical (unpaired) electrons. The second kappa shape index (κ2) is 7.55. The summed E-state index contributed by atoms with van der Waals surface area (Å²) in [5.74, 6) is 0.689. The summed E-state index contributed by atoms with van der Waals surface area (Å²) in [6.07, 6.45) is 1.68. The number of fused-ring (bicyclic) bond motifs is 3. The molecule has 8 heteroatoms. The third kappa shape index (κ3) is 3.75. The average Bonchev–Trinajstić information content (AvgIpc) is 3.07. The fourth-order valence-electron chi connectivity index (χ4n) is 5.96. The van der Waals surface area contributed by atoms with Gasteiger partial charge in [-0.25, -0.2) is 0 Å². The lowest BCUT2D eigenvalue weighted by atomic mass is 9.79.